The van der Waals surface area contributed by atoms with Gasteiger partial charge in [-0.05, 0) is 60.7 Å². The molecule has 0 spiro atoms. The lowest BCUT2D eigenvalue weighted by Crippen LogP contribution is -2.05. The molecule has 0 atom stereocenters. The molecule has 5 heteroatoms. The molecule has 0 bridgehead atoms. The maximum Gasteiger partial charge on any atom is 0.163 e. The van der Waals surface area contributed by atoms with E-state index in [1.807, 2.05) is 18.2 Å². The van der Waals surface area contributed by atoms with Gasteiger partial charge in [-0.15, -0.1) is 12.4 Å². The van der Waals surface area contributed by atoms with Crippen LogP contribution in [0.15, 0.2) is 36.4 Å². The highest BCUT2D eigenvalue weighted by atomic mass is 35.5. The second-order valence-corrected chi connectivity index (χ2v) is 5.38. The van der Waals surface area contributed by atoms with Gasteiger partial charge >= 0.3 is 0 Å². The normalized spacial score (nSPS) is 10.0. The number of rotatable bonds is 8. The van der Waals surface area contributed by atoms with E-state index >= 15 is 0 Å². The van der Waals surface area contributed by atoms with Crippen LogP contribution in [0.2, 0.25) is 0 Å². The van der Waals surface area contributed by atoms with E-state index in [0.29, 0.717) is 6.54 Å². The van der Waals surface area contributed by atoms with Crippen LogP contribution in [0.3, 0.4) is 0 Å². The van der Waals surface area contributed by atoms with Crippen molar-refractivity contribution < 1.29 is 14.2 Å². The molecule has 0 aliphatic carbocycles. The van der Waals surface area contributed by atoms with Crippen LogP contribution < -0.4 is 19.9 Å². The molecule has 132 valence electrons. The zero-order valence-corrected chi connectivity index (χ0v) is 15.3. The number of ether oxygens (including phenoxy) is 3. The molecule has 0 aliphatic rings. The van der Waals surface area contributed by atoms with Crippen LogP contribution in [0.1, 0.15) is 16.7 Å². The summed E-state index contributed by atoms with van der Waals surface area (Å²) in [7, 11) is 5.02. The minimum Gasteiger partial charge on any atom is -0.497 e. The van der Waals surface area contributed by atoms with E-state index in [1.165, 1.54) is 11.1 Å². The van der Waals surface area contributed by atoms with E-state index in [2.05, 4.69) is 18.2 Å². The lowest BCUT2D eigenvalue weighted by atomic mass is 9.99. The number of hydrogen-bond acceptors (Lipinski definition) is 4. The van der Waals surface area contributed by atoms with Gasteiger partial charge in [0.1, 0.15) is 5.75 Å². The SMILES string of the molecule is COc1cccc(CCc2cc(CCN)cc(OC)c2OC)c1.Cl. The van der Waals surface area contributed by atoms with Gasteiger partial charge in [0, 0.05) is 0 Å². The molecule has 0 saturated carbocycles. The average Bonchev–Trinajstić information content (AvgIpc) is 2.59. The van der Waals surface area contributed by atoms with Gasteiger partial charge in [-0.25, -0.2) is 0 Å². The van der Waals surface area contributed by atoms with Crippen molar-refractivity contribution in [2.24, 2.45) is 5.73 Å². The highest BCUT2D eigenvalue weighted by Gasteiger charge is 2.12. The summed E-state index contributed by atoms with van der Waals surface area (Å²) < 4.78 is 16.3. The number of nitrogens with two attached hydrogens (primary N) is 1. The number of benzene rings is 2. The molecule has 0 heterocycles. The summed E-state index contributed by atoms with van der Waals surface area (Å²) in [4.78, 5) is 0. The molecule has 4 nitrogen and oxygen atoms in total. The highest BCUT2D eigenvalue weighted by Crippen LogP contribution is 2.33. The lowest BCUT2D eigenvalue weighted by Gasteiger charge is -2.15. The highest BCUT2D eigenvalue weighted by molar-refractivity contribution is 5.85. The Morgan fingerprint density at radius 2 is 1.62 bits per heavy atom. The van der Waals surface area contributed by atoms with Gasteiger partial charge in [-0.3, -0.25) is 0 Å². The quantitative estimate of drug-likeness (QED) is 0.791. The monoisotopic (exact) mass is 351 g/mol. The van der Waals surface area contributed by atoms with E-state index in [0.717, 1.165) is 42.1 Å². The van der Waals surface area contributed by atoms with Crippen molar-refractivity contribution in [2.45, 2.75) is 19.3 Å². The third-order valence-electron chi connectivity index (χ3n) is 3.87. The lowest BCUT2D eigenvalue weighted by molar-refractivity contribution is 0.351. The summed E-state index contributed by atoms with van der Waals surface area (Å²) in [5.74, 6) is 2.44. The summed E-state index contributed by atoms with van der Waals surface area (Å²) >= 11 is 0. The van der Waals surface area contributed by atoms with Crippen LogP contribution in [0, 0.1) is 0 Å². The third-order valence-corrected chi connectivity index (χ3v) is 3.87. The summed E-state index contributed by atoms with van der Waals surface area (Å²) in [6.45, 7) is 0.616. The Labute approximate surface area is 150 Å². The van der Waals surface area contributed by atoms with Gasteiger partial charge in [0.25, 0.3) is 0 Å². The fourth-order valence-corrected chi connectivity index (χ4v) is 2.71. The molecule has 0 saturated heterocycles. The fourth-order valence-electron chi connectivity index (χ4n) is 2.71. The number of hydrogen-bond donors (Lipinski definition) is 1. The van der Waals surface area contributed by atoms with Crippen LogP contribution in [0.25, 0.3) is 0 Å². The van der Waals surface area contributed by atoms with Crippen LogP contribution in [-0.4, -0.2) is 27.9 Å². The molecular formula is C19H26ClNO3. The molecule has 24 heavy (non-hydrogen) atoms. The maximum absolute atomic E-state index is 5.68. The Morgan fingerprint density at radius 3 is 2.25 bits per heavy atom. The van der Waals surface area contributed by atoms with E-state index in [-0.39, 0.29) is 12.4 Å². The van der Waals surface area contributed by atoms with Crippen LogP contribution in [0.5, 0.6) is 17.2 Å². The van der Waals surface area contributed by atoms with E-state index in [4.69, 9.17) is 19.9 Å². The Hall–Kier alpha value is -1.91. The van der Waals surface area contributed by atoms with Gasteiger partial charge < -0.3 is 19.9 Å². The molecule has 2 aromatic carbocycles. The minimum atomic E-state index is 0. The Bertz CT molecular complexity index is 647. The minimum absolute atomic E-state index is 0. The molecule has 0 aromatic heterocycles. The predicted octanol–water partition coefficient (Wildman–Crippen LogP) is 3.42. The molecule has 0 unspecified atom stereocenters. The summed E-state index contributed by atoms with van der Waals surface area (Å²) in [5.41, 5.74) is 9.22. The van der Waals surface area contributed by atoms with E-state index in [1.54, 1.807) is 21.3 Å². The van der Waals surface area contributed by atoms with Gasteiger partial charge in [0.05, 0.1) is 21.3 Å². The van der Waals surface area contributed by atoms with E-state index < -0.39 is 0 Å². The maximum atomic E-state index is 5.68. The Morgan fingerprint density at radius 1 is 0.833 bits per heavy atom. The van der Waals surface area contributed by atoms with Gasteiger partial charge in [-0.1, -0.05) is 18.2 Å². The first-order valence-electron chi connectivity index (χ1n) is 7.78. The van der Waals surface area contributed by atoms with Crippen LogP contribution in [-0.2, 0) is 19.3 Å². The number of methoxy groups -OCH3 is 3. The molecule has 0 aliphatic heterocycles. The average molecular weight is 352 g/mol. The smallest absolute Gasteiger partial charge is 0.163 e. The van der Waals surface area contributed by atoms with Crippen molar-refractivity contribution in [2.75, 3.05) is 27.9 Å². The zero-order chi connectivity index (χ0) is 16.7. The van der Waals surface area contributed by atoms with Gasteiger partial charge in [0.2, 0.25) is 0 Å². The molecule has 0 amide bonds. The van der Waals surface area contributed by atoms with Crippen LogP contribution in [0.4, 0.5) is 0 Å². The van der Waals surface area contributed by atoms with Crippen molar-refractivity contribution in [3.63, 3.8) is 0 Å². The second kappa shape index (κ2) is 10.1. The van der Waals surface area contributed by atoms with Crippen molar-refractivity contribution in [1.29, 1.82) is 0 Å². The van der Waals surface area contributed by atoms with Crippen molar-refractivity contribution in [3.05, 3.63) is 53.1 Å². The molecule has 2 aromatic rings. The summed E-state index contributed by atoms with van der Waals surface area (Å²) in [5, 5.41) is 0. The number of aryl methyl sites for hydroxylation is 2. The first-order chi connectivity index (χ1) is 11.2. The number of halogens is 1. The molecule has 2 N–H and O–H groups in total. The van der Waals surface area contributed by atoms with E-state index in [9.17, 15) is 0 Å². The van der Waals surface area contributed by atoms with Crippen molar-refractivity contribution >= 4 is 12.4 Å². The summed E-state index contributed by atoms with van der Waals surface area (Å²) in [6, 6.07) is 12.3. The zero-order valence-electron chi connectivity index (χ0n) is 14.5. The topological polar surface area (TPSA) is 53.7 Å². The molecular weight excluding hydrogens is 326 g/mol. The first kappa shape index (κ1) is 20.1. The largest absolute Gasteiger partial charge is 0.497 e. The van der Waals surface area contributed by atoms with Crippen molar-refractivity contribution in [1.82, 2.24) is 0 Å². The fraction of sp³-hybridized carbons (Fsp3) is 0.368. The predicted molar refractivity (Wildman–Crippen MR) is 100.0 cm³/mol. The molecule has 2 rings (SSSR count). The third kappa shape index (κ3) is 5.05. The molecule has 0 radical (unpaired) electrons. The van der Waals surface area contributed by atoms with Crippen molar-refractivity contribution in [3.8, 4) is 17.2 Å². The Kier molecular flexibility index (Phi) is 8.44. The van der Waals surface area contributed by atoms with Crippen LogP contribution >= 0.6 is 12.4 Å². The summed E-state index contributed by atoms with van der Waals surface area (Å²) in [6.07, 6.45) is 2.60. The standard InChI is InChI=1S/C19H25NO3.ClH/c1-21-17-6-4-5-14(12-17)7-8-16-11-15(9-10-20)13-18(22-2)19(16)23-3;/h4-6,11-13H,7-10,20H2,1-3H3;1H. The van der Waals surface area contributed by atoms with Gasteiger partial charge in [0.15, 0.2) is 11.5 Å². The second-order valence-electron chi connectivity index (χ2n) is 5.38. The molecule has 0 fully saturated rings. The Balaban J connectivity index is 0.00000288. The first-order valence-corrected chi connectivity index (χ1v) is 7.78. The van der Waals surface area contributed by atoms with Gasteiger partial charge in [-0.2, -0.15) is 0 Å².